The summed E-state index contributed by atoms with van der Waals surface area (Å²) in [5.74, 6) is -1.40. The third-order valence-electron chi connectivity index (χ3n) is 3.51. The van der Waals surface area contributed by atoms with Gasteiger partial charge in [0.1, 0.15) is 10.9 Å². The second-order valence-electron chi connectivity index (χ2n) is 4.73. The van der Waals surface area contributed by atoms with E-state index in [1.807, 2.05) is 24.3 Å². The fourth-order valence-electron chi connectivity index (χ4n) is 2.46. The molecule has 7 heteroatoms. The Bertz CT molecular complexity index is 716. The summed E-state index contributed by atoms with van der Waals surface area (Å²) in [6.45, 7) is 0.264. The molecule has 21 heavy (non-hydrogen) atoms. The van der Waals surface area contributed by atoms with E-state index in [2.05, 4.69) is 4.98 Å². The van der Waals surface area contributed by atoms with Gasteiger partial charge in [-0.2, -0.15) is 0 Å². The van der Waals surface area contributed by atoms with E-state index in [1.165, 1.54) is 10.4 Å². The lowest BCUT2D eigenvalue weighted by molar-refractivity contribution is -0.142. The summed E-state index contributed by atoms with van der Waals surface area (Å²) in [6, 6.07) is 6.66. The van der Waals surface area contributed by atoms with E-state index >= 15 is 0 Å². The number of fused-ring (bicyclic) bond motifs is 1. The van der Waals surface area contributed by atoms with Gasteiger partial charge in [0.25, 0.3) is 5.91 Å². The van der Waals surface area contributed by atoms with Gasteiger partial charge in [-0.15, -0.1) is 11.3 Å². The summed E-state index contributed by atoms with van der Waals surface area (Å²) in [7, 11) is 0. The van der Waals surface area contributed by atoms with Crippen LogP contribution in [0.15, 0.2) is 29.8 Å². The third kappa shape index (κ3) is 2.52. The first-order chi connectivity index (χ1) is 10.1. The topological polar surface area (TPSA) is 70.5 Å². The molecule has 1 aliphatic heterocycles. The average molecular weight is 323 g/mol. The van der Waals surface area contributed by atoms with Crippen LogP contribution in [0.1, 0.15) is 20.8 Å². The Balaban J connectivity index is 1.98. The van der Waals surface area contributed by atoms with Gasteiger partial charge in [0, 0.05) is 13.0 Å². The zero-order valence-corrected chi connectivity index (χ0v) is 12.4. The van der Waals surface area contributed by atoms with Crippen molar-refractivity contribution in [1.29, 1.82) is 0 Å². The summed E-state index contributed by atoms with van der Waals surface area (Å²) in [5.41, 5.74) is 3.40. The monoisotopic (exact) mass is 322 g/mol. The minimum Gasteiger partial charge on any atom is -0.480 e. The second-order valence-corrected chi connectivity index (χ2v) is 5.94. The van der Waals surface area contributed by atoms with Crippen LogP contribution in [0.25, 0.3) is 0 Å². The molecule has 1 aromatic heterocycles. The summed E-state index contributed by atoms with van der Waals surface area (Å²) in [5, 5.41) is 9.53. The molecule has 1 aromatic carbocycles. The fraction of sp³-hybridized carbons (Fsp3) is 0.214. The molecule has 5 nitrogen and oxygen atoms in total. The normalized spacial score (nSPS) is 17.4. The van der Waals surface area contributed by atoms with E-state index in [4.69, 9.17) is 11.6 Å². The zero-order valence-electron chi connectivity index (χ0n) is 10.8. The van der Waals surface area contributed by atoms with Crippen molar-refractivity contribution in [2.75, 3.05) is 0 Å². The van der Waals surface area contributed by atoms with Gasteiger partial charge in [-0.1, -0.05) is 35.9 Å². The molecular weight excluding hydrogens is 312 g/mol. The molecule has 1 N–H and O–H groups in total. The standard InChI is InChI=1S/C14H11ClN2O3S/c15-12-11(21-7-16-12)13(18)17-6-9-4-2-1-3-8(9)5-10(17)14(19)20/h1-4,7,10H,5-6H2,(H,19,20). The number of aliphatic carboxylic acids is 1. The maximum Gasteiger partial charge on any atom is 0.326 e. The van der Waals surface area contributed by atoms with E-state index in [0.29, 0.717) is 6.42 Å². The van der Waals surface area contributed by atoms with Crippen molar-refractivity contribution < 1.29 is 14.7 Å². The molecule has 0 fully saturated rings. The van der Waals surface area contributed by atoms with Crippen molar-refractivity contribution in [1.82, 2.24) is 9.88 Å². The van der Waals surface area contributed by atoms with Crippen LogP contribution < -0.4 is 0 Å². The molecule has 0 spiro atoms. The van der Waals surface area contributed by atoms with Crippen LogP contribution in [-0.4, -0.2) is 32.9 Å². The first-order valence-corrected chi connectivity index (χ1v) is 7.53. The summed E-state index contributed by atoms with van der Waals surface area (Å²) < 4.78 is 0. The molecule has 1 unspecified atom stereocenters. The Morgan fingerprint density at radius 3 is 2.67 bits per heavy atom. The highest BCUT2D eigenvalue weighted by atomic mass is 35.5. The minimum absolute atomic E-state index is 0.119. The highest BCUT2D eigenvalue weighted by molar-refractivity contribution is 7.12. The first-order valence-electron chi connectivity index (χ1n) is 6.27. The van der Waals surface area contributed by atoms with Crippen LogP contribution in [0.2, 0.25) is 5.15 Å². The number of hydrogen-bond acceptors (Lipinski definition) is 4. The predicted octanol–water partition coefficient (Wildman–Crippen LogP) is 2.45. The number of hydrogen-bond donors (Lipinski definition) is 1. The lowest BCUT2D eigenvalue weighted by Gasteiger charge is -2.34. The number of carboxylic acids is 1. The van der Waals surface area contributed by atoms with Gasteiger partial charge < -0.3 is 10.0 Å². The van der Waals surface area contributed by atoms with Crippen molar-refractivity contribution in [3.63, 3.8) is 0 Å². The van der Waals surface area contributed by atoms with Gasteiger partial charge in [-0.25, -0.2) is 9.78 Å². The molecule has 108 valence electrons. The molecule has 2 heterocycles. The van der Waals surface area contributed by atoms with Gasteiger partial charge in [0.2, 0.25) is 0 Å². The summed E-state index contributed by atoms with van der Waals surface area (Å²) in [4.78, 5) is 29.5. The number of halogens is 1. The van der Waals surface area contributed by atoms with Gasteiger partial charge in [0.15, 0.2) is 5.15 Å². The predicted molar refractivity (Wildman–Crippen MR) is 78.6 cm³/mol. The number of thiazole rings is 1. The molecule has 1 atom stereocenters. The molecule has 0 radical (unpaired) electrons. The van der Waals surface area contributed by atoms with Crippen LogP contribution in [0, 0.1) is 0 Å². The van der Waals surface area contributed by atoms with E-state index in [9.17, 15) is 14.7 Å². The third-order valence-corrected chi connectivity index (χ3v) is 4.73. The molecular formula is C14H11ClN2O3S. The number of benzene rings is 1. The Hall–Kier alpha value is -1.92. The molecule has 0 aliphatic carbocycles. The Morgan fingerprint density at radius 1 is 1.33 bits per heavy atom. The number of aromatic nitrogens is 1. The van der Waals surface area contributed by atoms with E-state index in [1.54, 1.807) is 0 Å². The highest BCUT2D eigenvalue weighted by Crippen LogP contribution is 2.28. The minimum atomic E-state index is -1.02. The van der Waals surface area contributed by atoms with Crippen LogP contribution in [-0.2, 0) is 17.8 Å². The number of rotatable bonds is 2. The Morgan fingerprint density at radius 2 is 2.05 bits per heavy atom. The highest BCUT2D eigenvalue weighted by Gasteiger charge is 2.36. The number of carbonyl (C=O) groups excluding carboxylic acids is 1. The summed E-state index contributed by atoms with van der Waals surface area (Å²) >= 11 is 7.00. The fourth-order valence-corrected chi connectivity index (χ4v) is 3.41. The smallest absolute Gasteiger partial charge is 0.326 e. The zero-order chi connectivity index (χ0) is 15.0. The summed E-state index contributed by atoms with van der Waals surface area (Å²) in [6.07, 6.45) is 0.299. The van der Waals surface area contributed by atoms with Crippen molar-refractivity contribution >= 4 is 34.8 Å². The molecule has 0 bridgehead atoms. The van der Waals surface area contributed by atoms with Crippen LogP contribution in [0.4, 0.5) is 0 Å². The Labute approximate surface area is 129 Å². The lowest BCUT2D eigenvalue weighted by atomic mass is 9.94. The maximum absolute atomic E-state index is 12.6. The molecule has 1 aliphatic rings. The Kier molecular flexibility index (Phi) is 3.65. The number of nitrogens with zero attached hydrogens (tertiary/aromatic N) is 2. The molecule has 3 rings (SSSR count). The van der Waals surface area contributed by atoms with Crippen LogP contribution in [0.5, 0.6) is 0 Å². The van der Waals surface area contributed by atoms with Gasteiger partial charge >= 0.3 is 5.97 Å². The average Bonchev–Trinajstić information content (AvgIpc) is 2.91. The van der Waals surface area contributed by atoms with Crippen LogP contribution in [0.3, 0.4) is 0 Å². The lowest BCUT2D eigenvalue weighted by Crippen LogP contribution is -2.48. The van der Waals surface area contributed by atoms with Gasteiger partial charge in [-0.05, 0) is 11.1 Å². The quantitative estimate of drug-likeness (QED) is 0.922. The van der Waals surface area contributed by atoms with Gasteiger partial charge in [0.05, 0.1) is 5.51 Å². The van der Waals surface area contributed by atoms with E-state index in [0.717, 1.165) is 22.5 Å². The number of carbonyl (C=O) groups is 2. The van der Waals surface area contributed by atoms with Crippen molar-refractivity contribution in [2.24, 2.45) is 0 Å². The van der Waals surface area contributed by atoms with E-state index < -0.39 is 12.0 Å². The first kappa shape index (κ1) is 14.0. The maximum atomic E-state index is 12.6. The number of carboxylic acid groups (broad SMARTS) is 1. The molecule has 1 amide bonds. The second kappa shape index (κ2) is 5.46. The molecule has 2 aromatic rings. The van der Waals surface area contributed by atoms with Crippen molar-refractivity contribution in [3.05, 3.63) is 50.9 Å². The largest absolute Gasteiger partial charge is 0.480 e. The van der Waals surface area contributed by atoms with Crippen molar-refractivity contribution in [3.8, 4) is 0 Å². The van der Waals surface area contributed by atoms with Gasteiger partial charge in [-0.3, -0.25) is 4.79 Å². The van der Waals surface area contributed by atoms with Crippen molar-refractivity contribution in [2.45, 2.75) is 19.0 Å². The van der Waals surface area contributed by atoms with E-state index in [-0.39, 0.29) is 22.5 Å². The molecule has 0 saturated heterocycles. The molecule has 0 saturated carbocycles. The van der Waals surface area contributed by atoms with Crippen LogP contribution >= 0.6 is 22.9 Å². The SMILES string of the molecule is O=C(O)C1Cc2ccccc2CN1C(=O)c1scnc1Cl. The number of amides is 1.